The number of hydrazone groups is 1. The quantitative estimate of drug-likeness (QED) is 0.459. The van der Waals surface area contributed by atoms with Crippen LogP contribution in [-0.2, 0) is 6.42 Å². The Morgan fingerprint density at radius 1 is 1.12 bits per heavy atom. The second kappa shape index (κ2) is 7.60. The van der Waals surface area contributed by atoms with E-state index < -0.39 is 0 Å². The van der Waals surface area contributed by atoms with Gasteiger partial charge in [-0.15, -0.1) is 11.3 Å². The summed E-state index contributed by atoms with van der Waals surface area (Å²) < 4.78 is 0. The Balaban J connectivity index is 1.71. The Morgan fingerprint density at radius 3 is 2.50 bits per heavy atom. The van der Waals surface area contributed by atoms with Gasteiger partial charge in [-0.2, -0.15) is 5.10 Å². The van der Waals surface area contributed by atoms with Crippen molar-refractivity contribution >= 4 is 33.8 Å². The molecule has 0 aliphatic carbocycles. The number of hydrogen-bond donors (Lipinski definition) is 1. The average molecular weight is 356 g/mol. The normalized spacial score (nSPS) is 11.5. The standard InChI is InChI=1S/C19H18ClN3S/c1-3-14-4-6-16(7-5-14)18-12-24-19(21-18)23-22-13(2)15-8-10-17(20)11-9-15/h4-12H,3H2,1-2H3,(H,21,23). The molecule has 3 nitrogen and oxygen atoms in total. The number of halogens is 1. The summed E-state index contributed by atoms with van der Waals surface area (Å²) in [5.74, 6) is 0. The van der Waals surface area contributed by atoms with Crippen LogP contribution < -0.4 is 5.43 Å². The van der Waals surface area contributed by atoms with Crippen LogP contribution in [0.25, 0.3) is 11.3 Å². The van der Waals surface area contributed by atoms with Crippen LogP contribution in [0.2, 0.25) is 5.02 Å². The fraction of sp³-hybridized carbons (Fsp3) is 0.158. The third-order valence-electron chi connectivity index (χ3n) is 3.74. The van der Waals surface area contributed by atoms with Gasteiger partial charge in [0.2, 0.25) is 5.13 Å². The summed E-state index contributed by atoms with van der Waals surface area (Å²) in [5, 5.41) is 7.93. The zero-order valence-electron chi connectivity index (χ0n) is 13.6. The van der Waals surface area contributed by atoms with E-state index in [9.17, 15) is 0 Å². The fourth-order valence-electron chi connectivity index (χ4n) is 2.26. The van der Waals surface area contributed by atoms with Crippen molar-refractivity contribution in [3.05, 3.63) is 70.1 Å². The van der Waals surface area contributed by atoms with Crippen molar-refractivity contribution in [3.8, 4) is 11.3 Å². The second-order valence-corrected chi connectivity index (χ2v) is 6.70. The first-order valence-corrected chi connectivity index (χ1v) is 9.02. The van der Waals surface area contributed by atoms with Crippen LogP contribution in [-0.4, -0.2) is 10.7 Å². The van der Waals surface area contributed by atoms with E-state index in [-0.39, 0.29) is 0 Å². The molecule has 0 unspecified atom stereocenters. The Kier molecular flexibility index (Phi) is 5.28. The summed E-state index contributed by atoms with van der Waals surface area (Å²) in [6, 6.07) is 16.1. The molecule has 0 saturated heterocycles. The maximum absolute atomic E-state index is 5.91. The van der Waals surface area contributed by atoms with Crippen molar-refractivity contribution in [3.63, 3.8) is 0 Å². The summed E-state index contributed by atoms with van der Waals surface area (Å²) >= 11 is 7.45. The van der Waals surface area contributed by atoms with Gasteiger partial charge < -0.3 is 0 Å². The van der Waals surface area contributed by atoms with Crippen LogP contribution in [0.1, 0.15) is 25.0 Å². The Bertz CT molecular complexity index is 836. The Labute approximate surface area is 151 Å². The van der Waals surface area contributed by atoms with Gasteiger partial charge in [0.15, 0.2) is 0 Å². The second-order valence-electron chi connectivity index (χ2n) is 5.40. The van der Waals surface area contributed by atoms with Gasteiger partial charge >= 0.3 is 0 Å². The van der Waals surface area contributed by atoms with Crippen LogP contribution in [0, 0.1) is 0 Å². The number of nitrogens with zero attached hydrogens (tertiary/aromatic N) is 2. The molecule has 0 spiro atoms. The van der Waals surface area contributed by atoms with Crippen molar-refractivity contribution in [2.24, 2.45) is 5.10 Å². The van der Waals surface area contributed by atoms with Gasteiger partial charge in [0.05, 0.1) is 11.4 Å². The number of aryl methyl sites for hydroxylation is 1. The molecule has 0 bridgehead atoms. The van der Waals surface area contributed by atoms with Gasteiger partial charge in [0.1, 0.15) is 0 Å². The molecular formula is C19H18ClN3S. The first-order chi connectivity index (χ1) is 11.7. The maximum atomic E-state index is 5.91. The van der Waals surface area contributed by atoms with E-state index in [2.05, 4.69) is 46.7 Å². The minimum Gasteiger partial charge on any atom is -0.252 e. The van der Waals surface area contributed by atoms with E-state index in [0.717, 1.165) is 39.1 Å². The molecule has 2 aromatic carbocycles. The highest BCUT2D eigenvalue weighted by Crippen LogP contribution is 2.25. The molecule has 0 aliphatic heterocycles. The van der Waals surface area contributed by atoms with Crippen LogP contribution in [0.3, 0.4) is 0 Å². The molecule has 0 atom stereocenters. The van der Waals surface area contributed by atoms with Crippen molar-refractivity contribution in [1.29, 1.82) is 0 Å². The minimum atomic E-state index is 0.721. The summed E-state index contributed by atoms with van der Waals surface area (Å²) in [4.78, 5) is 4.59. The molecule has 1 N–H and O–H groups in total. The molecule has 5 heteroatoms. The smallest absolute Gasteiger partial charge is 0.203 e. The number of rotatable bonds is 5. The van der Waals surface area contributed by atoms with Crippen LogP contribution in [0.4, 0.5) is 5.13 Å². The monoisotopic (exact) mass is 355 g/mol. The summed E-state index contributed by atoms with van der Waals surface area (Å²) in [6.07, 6.45) is 1.04. The largest absolute Gasteiger partial charge is 0.252 e. The lowest BCUT2D eigenvalue weighted by Crippen LogP contribution is -1.99. The van der Waals surface area contributed by atoms with Crippen LogP contribution >= 0.6 is 22.9 Å². The molecule has 1 aromatic heterocycles. The zero-order chi connectivity index (χ0) is 16.9. The number of aromatic nitrogens is 1. The van der Waals surface area contributed by atoms with Gasteiger partial charge in [0.25, 0.3) is 0 Å². The van der Waals surface area contributed by atoms with Gasteiger partial charge in [-0.3, -0.25) is 5.43 Å². The highest BCUT2D eigenvalue weighted by molar-refractivity contribution is 7.14. The third-order valence-corrected chi connectivity index (χ3v) is 4.74. The zero-order valence-corrected chi connectivity index (χ0v) is 15.2. The topological polar surface area (TPSA) is 37.3 Å². The van der Waals surface area contributed by atoms with E-state index in [4.69, 9.17) is 11.6 Å². The predicted octanol–water partition coefficient (Wildman–Crippen LogP) is 5.86. The number of nitrogens with one attached hydrogen (secondary N) is 1. The van der Waals surface area contributed by atoms with E-state index in [1.54, 1.807) is 11.3 Å². The lowest BCUT2D eigenvalue weighted by Gasteiger charge is -2.01. The third kappa shape index (κ3) is 4.02. The van der Waals surface area contributed by atoms with E-state index in [1.807, 2.05) is 36.6 Å². The van der Waals surface area contributed by atoms with Crippen molar-refractivity contribution in [2.75, 3.05) is 5.43 Å². The van der Waals surface area contributed by atoms with E-state index >= 15 is 0 Å². The molecule has 122 valence electrons. The number of thiazole rings is 1. The number of anilines is 1. The van der Waals surface area contributed by atoms with E-state index in [0.29, 0.717) is 0 Å². The molecule has 0 radical (unpaired) electrons. The Morgan fingerprint density at radius 2 is 1.83 bits per heavy atom. The lowest BCUT2D eigenvalue weighted by atomic mass is 10.1. The fourth-order valence-corrected chi connectivity index (χ4v) is 3.04. The molecule has 1 heterocycles. The van der Waals surface area contributed by atoms with Crippen LogP contribution in [0.15, 0.2) is 59.0 Å². The van der Waals surface area contributed by atoms with Gasteiger partial charge in [-0.25, -0.2) is 4.98 Å². The van der Waals surface area contributed by atoms with Crippen LogP contribution in [0.5, 0.6) is 0 Å². The first-order valence-electron chi connectivity index (χ1n) is 7.77. The number of hydrogen-bond acceptors (Lipinski definition) is 4. The maximum Gasteiger partial charge on any atom is 0.203 e. The average Bonchev–Trinajstić information content (AvgIpc) is 3.09. The molecule has 3 aromatic rings. The summed E-state index contributed by atoms with van der Waals surface area (Å²) in [6.45, 7) is 4.11. The lowest BCUT2D eigenvalue weighted by molar-refractivity contribution is 1.14. The highest BCUT2D eigenvalue weighted by Gasteiger charge is 2.04. The SMILES string of the molecule is CCc1ccc(-c2csc(NN=C(C)c3ccc(Cl)cc3)n2)cc1. The first kappa shape index (κ1) is 16.7. The Hall–Kier alpha value is -2.17. The van der Waals surface area contributed by atoms with Crippen molar-refractivity contribution in [1.82, 2.24) is 4.98 Å². The van der Waals surface area contributed by atoms with Gasteiger partial charge in [0, 0.05) is 16.0 Å². The molecule has 24 heavy (non-hydrogen) atoms. The van der Waals surface area contributed by atoms with Gasteiger partial charge in [-0.1, -0.05) is 54.9 Å². The molecule has 0 saturated carbocycles. The minimum absolute atomic E-state index is 0.721. The van der Waals surface area contributed by atoms with E-state index in [1.165, 1.54) is 5.56 Å². The molecular weight excluding hydrogens is 338 g/mol. The molecule has 0 amide bonds. The van der Waals surface area contributed by atoms with Crippen molar-refractivity contribution < 1.29 is 0 Å². The molecule has 0 aliphatic rings. The summed E-state index contributed by atoms with van der Waals surface area (Å²) in [7, 11) is 0. The summed E-state index contributed by atoms with van der Waals surface area (Å²) in [5.41, 5.74) is 8.36. The van der Waals surface area contributed by atoms with Gasteiger partial charge in [-0.05, 0) is 36.6 Å². The highest BCUT2D eigenvalue weighted by atomic mass is 35.5. The predicted molar refractivity (Wildman–Crippen MR) is 104 cm³/mol. The molecule has 3 rings (SSSR count). The van der Waals surface area contributed by atoms with Crippen molar-refractivity contribution in [2.45, 2.75) is 20.3 Å². The molecule has 0 fully saturated rings. The number of benzene rings is 2.